The minimum Gasteiger partial charge on any atom is -0.478 e. The number of carbonyl (C=O) groups excluding carboxylic acids is 1. The number of rotatable bonds is 3. The molecule has 0 unspecified atom stereocenters. The molecule has 0 aromatic heterocycles. The lowest BCUT2D eigenvalue weighted by atomic mass is 10.2. The summed E-state index contributed by atoms with van der Waals surface area (Å²) >= 11 is 0. The first-order chi connectivity index (χ1) is 6.25. The number of hydrogen-bond donors (Lipinski definition) is 2. The summed E-state index contributed by atoms with van der Waals surface area (Å²) in [5.74, 6) is -1.05. The monoisotopic (exact) mass is 179 g/mol. The zero-order valence-corrected chi connectivity index (χ0v) is 6.86. The molecule has 13 heavy (non-hydrogen) atoms. The van der Waals surface area contributed by atoms with E-state index in [0.29, 0.717) is 18.5 Å². The first-order valence-corrected chi connectivity index (χ1v) is 3.76. The molecule has 0 aromatic carbocycles. The highest BCUT2D eigenvalue weighted by atomic mass is 16.4. The van der Waals surface area contributed by atoms with E-state index in [1.54, 1.807) is 12.2 Å². The van der Waals surface area contributed by atoms with Crippen LogP contribution in [0.15, 0.2) is 35.6 Å². The minimum atomic E-state index is -1.05. The summed E-state index contributed by atoms with van der Waals surface area (Å²) in [6.45, 7) is 0. The zero-order chi connectivity index (χ0) is 9.68. The van der Waals surface area contributed by atoms with Gasteiger partial charge in [0.1, 0.15) is 0 Å². The minimum absolute atomic E-state index is 0.0980. The van der Waals surface area contributed by atoms with E-state index in [1.807, 2.05) is 6.08 Å². The van der Waals surface area contributed by atoms with Crippen LogP contribution in [0.4, 0.5) is 0 Å². The molecule has 0 radical (unpaired) electrons. The second-order valence-electron chi connectivity index (χ2n) is 2.43. The highest BCUT2D eigenvalue weighted by Gasteiger charge is 2.12. The highest BCUT2D eigenvalue weighted by molar-refractivity contribution is 5.92. The second kappa shape index (κ2) is 4.25. The van der Waals surface area contributed by atoms with E-state index in [-0.39, 0.29) is 5.57 Å². The Hall–Kier alpha value is -1.84. The van der Waals surface area contributed by atoms with Crippen molar-refractivity contribution >= 4 is 12.4 Å². The molecule has 0 aliphatic heterocycles. The number of nitrogens with one attached hydrogen (secondary N) is 1. The predicted molar refractivity (Wildman–Crippen MR) is 46.8 cm³/mol. The van der Waals surface area contributed by atoms with Crippen LogP contribution in [0, 0.1) is 0 Å². The molecule has 0 saturated heterocycles. The molecule has 4 heteroatoms. The largest absolute Gasteiger partial charge is 0.478 e. The lowest BCUT2D eigenvalue weighted by Gasteiger charge is -2.04. The van der Waals surface area contributed by atoms with Crippen LogP contribution in [0.3, 0.4) is 0 Å². The lowest BCUT2D eigenvalue weighted by molar-refractivity contribution is -0.132. The summed E-state index contributed by atoms with van der Waals surface area (Å²) in [5.41, 5.74) is 0.438. The van der Waals surface area contributed by atoms with Crippen molar-refractivity contribution in [3.8, 4) is 0 Å². The molecule has 0 saturated carbocycles. The Morgan fingerprint density at radius 2 is 2.38 bits per heavy atom. The van der Waals surface area contributed by atoms with Crippen molar-refractivity contribution in [2.75, 3.05) is 0 Å². The van der Waals surface area contributed by atoms with Crippen LogP contribution in [-0.4, -0.2) is 17.5 Å². The first-order valence-electron chi connectivity index (χ1n) is 3.76. The third kappa shape index (κ3) is 2.30. The van der Waals surface area contributed by atoms with Gasteiger partial charge in [-0.3, -0.25) is 4.79 Å². The maximum Gasteiger partial charge on any atom is 0.337 e. The van der Waals surface area contributed by atoms with Crippen molar-refractivity contribution in [3.05, 3.63) is 35.6 Å². The van der Waals surface area contributed by atoms with Gasteiger partial charge >= 0.3 is 5.97 Å². The Balaban J connectivity index is 2.96. The second-order valence-corrected chi connectivity index (χ2v) is 2.43. The average molecular weight is 179 g/mol. The number of carboxylic acid groups (broad SMARTS) is 1. The van der Waals surface area contributed by atoms with Gasteiger partial charge in [-0.2, -0.15) is 0 Å². The fourth-order valence-corrected chi connectivity index (χ4v) is 1.02. The van der Waals surface area contributed by atoms with Crippen LogP contribution < -0.4 is 5.32 Å². The van der Waals surface area contributed by atoms with Gasteiger partial charge in [-0.15, -0.1) is 0 Å². The van der Waals surface area contributed by atoms with E-state index in [9.17, 15) is 9.59 Å². The molecule has 0 atom stereocenters. The number of carboxylic acids is 1. The van der Waals surface area contributed by atoms with Gasteiger partial charge in [-0.1, -0.05) is 18.2 Å². The third-order valence-electron chi connectivity index (χ3n) is 1.59. The predicted octanol–water partition coefficient (Wildman–Crippen LogP) is 0.587. The van der Waals surface area contributed by atoms with E-state index in [0.717, 1.165) is 0 Å². The average Bonchev–Trinajstić information content (AvgIpc) is 2.30. The van der Waals surface area contributed by atoms with Gasteiger partial charge in [0.2, 0.25) is 6.41 Å². The Kier molecular flexibility index (Phi) is 3.03. The van der Waals surface area contributed by atoms with Crippen molar-refractivity contribution in [2.45, 2.75) is 6.42 Å². The smallest absolute Gasteiger partial charge is 0.337 e. The SMILES string of the molecule is O=CNC1=CCC=CC=C1C(=O)O. The van der Waals surface area contributed by atoms with Crippen molar-refractivity contribution in [1.29, 1.82) is 0 Å². The van der Waals surface area contributed by atoms with Gasteiger partial charge in [0.25, 0.3) is 0 Å². The molecule has 4 nitrogen and oxygen atoms in total. The summed E-state index contributed by atoms with van der Waals surface area (Å²) in [7, 11) is 0. The van der Waals surface area contributed by atoms with Gasteiger partial charge in [0.05, 0.1) is 11.3 Å². The highest BCUT2D eigenvalue weighted by Crippen LogP contribution is 2.11. The number of hydrogen-bond acceptors (Lipinski definition) is 2. The number of amides is 1. The molecule has 0 aromatic rings. The van der Waals surface area contributed by atoms with Crippen LogP contribution in [0.2, 0.25) is 0 Å². The molecule has 1 aliphatic rings. The molecule has 0 spiro atoms. The summed E-state index contributed by atoms with van der Waals surface area (Å²) in [6, 6.07) is 0. The zero-order valence-electron chi connectivity index (χ0n) is 6.86. The Bertz CT molecular complexity index is 313. The van der Waals surface area contributed by atoms with Crippen molar-refractivity contribution in [2.24, 2.45) is 0 Å². The quantitative estimate of drug-likeness (QED) is 0.623. The molecule has 68 valence electrons. The number of aliphatic carboxylic acids is 1. The Morgan fingerprint density at radius 3 is 3.00 bits per heavy atom. The van der Waals surface area contributed by atoms with Crippen LogP contribution in [0.1, 0.15) is 6.42 Å². The molecule has 0 fully saturated rings. The first kappa shape index (κ1) is 9.25. The molecular weight excluding hydrogens is 170 g/mol. The van der Waals surface area contributed by atoms with Crippen LogP contribution in [-0.2, 0) is 9.59 Å². The molecule has 0 heterocycles. The van der Waals surface area contributed by atoms with E-state index >= 15 is 0 Å². The van der Waals surface area contributed by atoms with Gasteiger partial charge in [0.15, 0.2) is 0 Å². The number of carbonyl (C=O) groups is 2. The summed E-state index contributed by atoms with van der Waals surface area (Å²) in [5, 5.41) is 11.1. The van der Waals surface area contributed by atoms with E-state index in [2.05, 4.69) is 5.32 Å². The van der Waals surface area contributed by atoms with Gasteiger partial charge in [-0.25, -0.2) is 4.79 Å². The topological polar surface area (TPSA) is 66.4 Å². The van der Waals surface area contributed by atoms with Crippen molar-refractivity contribution in [3.63, 3.8) is 0 Å². The maximum absolute atomic E-state index is 10.7. The summed E-state index contributed by atoms with van der Waals surface area (Å²) < 4.78 is 0. The van der Waals surface area contributed by atoms with E-state index < -0.39 is 5.97 Å². The van der Waals surface area contributed by atoms with Gasteiger partial charge in [-0.05, 0) is 12.5 Å². The van der Waals surface area contributed by atoms with Gasteiger partial charge in [0, 0.05) is 0 Å². The normalized spacial score (nSPS) is 15.4. The van der Waals surface area contributed by atoms with Crippen LogP contribution in [0.5, 0.6) is 0 Å². The molecule has 0 bridgehead atoms. The fourth-order valence-electron chi connectivity index (χ4n) is 1.02. The Morgan fingerprint density at radius 1 is 1.62 bits per heavy atom. The maximum atomic E-state index is 10.7. The van der Waals surface area contributed by atoms with Crippen molar-refractivity contribution in [1.82, 2.24) is 5.32 Å². The molecule has 1 amide bonds. The van der Waals surface area contributed by atoms with Crippen LogP contribution in [0.25, 0.3) is 0 Å². The van der Waals surface area contributed by atoms with E-state index in [1.165, 1.54) is 6.08 Å². The van der Waals surface area contributed by atoms with Gasteiger partial charge < -0.3 is 10.4 Å². The standard InChI is InChI=1S/C9H9NO3/c11-6-10-8-5-3-1-2-4-7(8)9(12)13/h1-2,4-6H,3H2,(H,10,11)(H,12,13). The van der Waals surface area contributed by atoms with E-state index in [4.69, 9.17) is 5.11 Å². The fraction of sp³-hybridized carbons (Fsp3) is 0.111. The lowest BCUT2D eigenvalue weighted by Crippen LogP contribution is -2.16. The van der Waals surface area contributed by atoms with Crippen LogP contribution >= 0.6 is 0 Å². The Labute approximate surface area is 75.3 Å². The summed E-state index contributed by atoms with van der Waals surface area (Å²) in [4.78, 5) is 20.9. The molecule has 2 N–H and O–H groups in total. The third-order valence-corrected chi connectivity index (χ3v) is 1.59. The molecule has 1 aliphatic carbocycles. The summed E-state index contributed by atoms with van der Waals surface area (Å²) in [6.07, 6.45) is 7.65. The van der Waals surface area contributed by atoms with Crippen molar-refractivity contribution < 1.29 is 14.7 Å². The molecule has 1 rings (SSSR count). The number of allylic oxidation sites excluding steroid dienone is 4. The molecular formula is C9H9NO3.